The van der Waals surface area contributed by atoms with Crippen molar-refractivity contribution in [1.82, 2.24) is 9.13 Å². The summed E-state index contributed by atoms with van der Waals surface area (Å²) in [5.41, 5.74) is 11.4. The highest BCUT2D eigenvalue weighted by molar-refractivity contribution is 6.09. The van der Waals surface area contributed by atoms with E-state index in [4.69, 9.17) is 0 Å². The number of aromatic nitrogens is 2. The zero-order valence-corrected chi connectivity index (χ0v) is 21.9. The van der Waals surface area contributed by atoms with Gasteiger partial charge in [0.2, 0.25) is 0 Å². The van der Waals surface area contributed by atoms with Crippen LogP contribution in [0.15, 0.2) is 127 Å². The van der Waals surface area contributed by atoms with Crippen molar-refractivity contribution in [2.75, 3.05) is 0 Å². The highest BCUT2D eigenvalue weighted by Crippen LogP contribution is 2.43. The molecule has 1 unspecified atom stereocenters. The van der Waals surface area contributed by atoms with Crippen molar-refractivity contribution in [2.45, 2.75) is 19.3 Å². The molecule has 39 heavy (non-hydrogen) atoms. The molecule has 1 atom stereocenters. The summed E-state index contributed by atoms with van der Waals surface area (Å²) in [6, 6.07) is 44.1. The summed E-state index contributed by atoms with van der Waals surface area (Å²) in [5, 5.41) is 3.88. The molecule has 0 fully saturated rings. The second-order valence-electron chi connectivity index (χ2n) is 10.6. The highest BCUT2D eigenvalue weighted by atomic mass is 15.0. The number of hydrogen-bond acceptors (Lipinski definition) is 0. The van der Waals surface area contributed by atoms with Gasteiger partial charge >= 0.3 is 0 Å². The summed E-state index contributed by atoms with van der Waals surface area (Å²) >= 11 is 0. The Hall–Kier alpha value is -4.82. The Morgan fingerprint density at radius 3 is 1.59 bits per heavy atom. The Morgan fingerprint density at radius 2 is 0.974 bits per heavy atom. The summed E-state index contributed by atoms with van der Waals surface area (Å²) in [7, 11) is 0. The summed E-state index contributed by atoms with van der Waals surface area (Å²) in [6.45, 7) is 2.35. The molecule has 7 aromatic rings. The minimum atomic E-state index is 0.443. The first-order valence-corrected chi connectivity index (χ1v) is 13.8. The van der Waals surface area contributed by atoms with Crippen LogP contribution in [0.25, 0.3) is 61.3 Å². The van der Waals surface area contributed by atoms with Crippen molar-refractivity contribution in [3.8, 4) is 22.5 Å². The molecular weight excluding hydrogens is 472 g/mol. The number of allylic oxidation sites excluding steroid dienone is 1. The van der Waals surface area contributed by atoms with Gasteiger partial charge in [-0.2, -0.15) is 0 Å². The topological polar surface area (TPSA) is 9.86 Å². The summed E-state index contributed by atoms with van der Waals surface area (Å²) in [5.74, 6) is 0.443. The molecule has 0 saturated carbocycles. The fourth-order valence-electron chi connectivity index (χ4n) is 6.68. The average Bonchev–Trinajstić information content (AvgIpc) is 3.51. The zero-order chi connectivity index (χ0) is 25.9. The maximum atomic E-state index is 2.52. The van der Waals surface area contributed by atoms with Crippen LogP contribution in [0.5, 0.6) is 0 Å². The van der Waals surface area contributed by atoms with E-state index < -0.39 is 0 Å². The molecule has 186 valence electrons. The maximum Gasteiger partial charge on any atom is 0.0541 e. The number of para-hydroxylation sites is 5. The molecule has 5 aromatic carbocycles. The van der Waals surface area contributed by atoms with Crippen LogP contribution in [0.1, 0.15) is 30.5 Å². The zero-order valence-electron chi connectivity index (χ0n) is 21.9. The van der Waals surface area contributed by atoms with E-state index in [0.29, 0.717) is 5.92 Å². The van der Waals surface area contributed by atoms with E-state index in [1.807, 2.05) is 0 Å². The molecule has 8 rings (SSSR count). The van der Waals surface area contributed by atoms with Gasteiger partial charge in [-0.1, -0.05) is 110 Å². The van der Waals surface area contributed by atoms with Gasteiger partial charge in [0.05, 0.1) is 27.9 Å². The first kappa shape index (κ1) is 22.2. The van der Waals surface area contributed by atoms with Crippen LogP contribution >= 0.6 is 0 Å². The van der Waals surface area contributed by atoms with Gasteiger partial charge in [0.15, 0.2) is 0 Å². The fraction of sp³-hybridized carbons (Fsp3) is 0.0811. The quantitative estimate of drug-likeness (QED) is 0.228. The minimum absolute atomic E-state index is 0.443. The molecule has 0 radical (unpaired) electrons. The molecule has 0 saturated heterocycles. The van der Waals surface area contributed by atoms with Crippen molar-refractivity contribution in [1.29, 1.82) is 0 Å². The van der Waals surface area contributed by atoms with E-state index >= 15 is 0 Å². The van der Waals surface area contributed by atoms with E-state index in [9.17, 15) is 0 Å². The first-order valence-electron chi connectivity index (χ1n) is 13.8. The van der Waals surface area contributed by atoms with Crippen molar-refractivity contribution in [3.63, 3.8) is 0 Å². The monoisotopic (exact) mass is 500 g/mol. The van der Waals surface area contributed by atoms with Crippen LogP contribution in [0.2, 0.25) is 0 Å². The number of fused-ring (bicyclic) bond motifs is 6. The third kappa shape index (κ3) is 3.21. The van der Waals surface area contributed by atoms with Crippen molar-refractivity contribution >= 4 is 38.8 Å². The Morgan fingerprint density at radius 1 is 0.513 bits per heavy atom. The van der Waals surface area contributed by atoms with Crippen LogP contribution in [-0.4, -0.2) is 9.13 Å². The molecule has 2 aromatic heterocycles. The molecule has 0 N–H and O–H groups in total. The molecule has 2 heteroatoms. The second kappa shape index (κ2) is 8.61. The Labute approximate surface area is 228 Å². The molecule has 0 bridgehead atoms. The van der Waals surface area contributed by atoms with Gasteiger partial charge in [0, 0.05) is 44.5 Å². The van der Waals surface area contributed by atoms with Gasteiger partial charge in [0.25, 0.3) is 0 Å². The van der Waals surface area contributed by atoms with E-state index in [1.165, 1.54) is 66.5 Å². The van der Waals surface area contributed by atoms with Crippen LogP contribution < -0.4 is 0 Å². The molecular formula is C37H28N2. The normalized spacial score (nSPS) is 14.8. The number of nitrogens with zero attached hydrogens (tertiary/aromatic N) is 2. The number of benzene rings is 5. The Bertz CT molecular complexity index is 2010. The standard InChI is InChI=1S/C37H28N2/c1-25-13-12-19-31-30-18-6-11-24-36(30)39(37(25)31)35-23-10-5-17-29(35)28-16-4-9-22-34(28)38-32-20-7-2-14-26(32)27-15-3-8-21-33(27)38/h2-12,14-25H,13H2,1H3. The number of rotatable bonds is 3. The smallest absolute Gasteiger partial charge is 0.0541 e. The molecule has 2 heterocycles. The summed E-state index contributed by atoms with van der Waals surface area (Å²) in [6.07, 6.45) is 5.71. The molecule has 2 nitrogen and oxygen atoms in total. The lowest BCUT2D eigenvalue weighted by atomic mass is 9.93. The predicted octanol–water partition coefficient (Wildman–Crippen LogP) is 9.91. The third-order valence-corrected chi connectivity index (χ3v) is 8.35. The number of hydrogen-bond donors (Lipinski definition) is 0. The maximum absolute atomic E-state index is 2.52. The lowest BCUT2D eigenvalue weighted by Crippen LogP contribution is -2.08. The van der Waals surface area contributed by atoms with Gasteiger partial charge in [-0.3, -0.25) is 0 Å². The molecule has 1 aliphatic carbocycles. The van der Waals surface area contributed by atoms with Gasteiger partial charge in [-0.25, -0.2) is 0 Å². The first-order chi connectivity index (χ1) is 19.3. The van der Waals surface area contributed by atoms with Crippen LogP contribution in [-0.2, 0) is 0 Å². The van der Waals surface area contributed by atoms with E-state index in [1.54, 1.807) is 0 Å². The van der Waals surface area contributed by atoms with Gasteiger partial charge in [0.1, 0.15) is 0 Å². The predicted molar refractivity (Wildman–Crippen MR) is 165 cm³/mol. The SMILES string of the molecule is CC1CC=Cc2c1n(-c1ccccc1-c1ccccc1-n1c3ccccc3c3ccccc31)c1ccccc21. The van der Waals surface area contributed by atoms with Crippen LogP contribution in [0, 0.1) is 0 Å². The molecule has 1 aliphatic rings. The van der Waals surface area contributed by atoms with E-state index in [0.717, 1.165) is 6.42 Å². The highest BCUT2D eigenvalue weighted by Gasteiger charge is 2.25. The fourth-order valence-corrected chi connectivity index (χ4v) is 6.68. The van der Waals surface area contributed by atoms with Crippen LogP contribution in [0.4, 0.5) is 0 Å². The van der Waals surface area contributed by atoms with Crippen molar-refractivity contribution in [2.24, 2.45) is 0 Å². The molecule has 0 amide bonds. The van der Waals surface area contributed by atoms with Gasteiger partial charge in [-0.05, 0) is 36.8 Å². The van der Waals surface area contributed by atoms with E-state index in [2.05, 4.69) is 150 Å². The van der Waals surface area contributed by atoms with Gasteiger partial charge in [-0.15, -0.1) is 0 Å². The molecule has 0 spiro atoms. The lowest BCUT2D eigenvalue weighted by Gasteiger charge is -2.22. The van der Waals surface area contributed by atoms with Gasteiger partial charge < -0.3 is 9.13 Å². The second-order valence-corrected chi connectivity index (χ2v) is 10.6. The summed E-state index contributed by atoms with van der Waals surface area (Å²) in [4.78, 5) is 0. The summed E-state index contributed by atoms with van der Waals surface area (Å²) < 4.78 is 4.96. The minimum Gasteiger partial charge on any atom is -0.312 e. The van der Waals surface area contributed by atoms with Crippen LogP contribution in [0.3, 0.4) is 0 Å². The van der Waals surface area contributed by atoms with Crippen molar-refractivity contribution in [3.05, 3.63) is 139 Å². The Kier molecular flexibility index (Phi) is 4.90. The average molecular weight is 501 g/mol. The third-order valence-electron chi connectivity index (χ3n) is 8.35. The van der Waals surface area contributed by atoms with Crippen molar-refractivity contribution < 1.29 is 0 Å². The van der Waals surface area contributed by atoms with E-state index in [-0.39, 0.29) is 0 Å². The molecule has 0 aliphatic heterocycles. The lowest BCUT2D eigenvalue weighted by molar-refractivity contribution is 0.724. The largest absolute Gasteiger partial charge is 0.312 e. The Balaban J connectivity index is 1.45.